The zero-order valence-corrected chi connectivity index (χ0v) is 19.6. The second-order valence-electron chi connectivity index (χ2n) is 8.22. The van der Waals surface area contributed by atoms with Gasteiger partial charge < -0.3 is 19.5 Å². The molecule has 3 aromatic carbocycles. The first kappa shape index (κ1) is 24.9. The maximum atomic E-state index is 12.6. The van der Waals surface area contributed by atoms with Crippen LogP contribution in [0.4, 0.5) is 13.2 Å². The number of rotatable bonds is 9. The maximum Gasteiger partial charge on any atom is 0.573 e. The SMILES string of the molecule is CCOc1cc([C@H](c2ccc(OC(F)(F)F)cc2)N2CCNCC2)ccc1OCc1ccccc1. The average molecular weight is 487 g/mol. The van der Waals surface area contributed by atoms with Gasteiger partial charge in [-0.15, -0.1) is 13.2 Å². The van der Waals surface area contributed by atoms with Gasteiger partial charge in [-0.05, 0) is 47.9 Å². The van der Waals surface area contributed by atoms with Crippen molar-refractivity contribution in [3.05, 3.63) is 89.5 Å². The molecule has 0 bridgehead atoms. The molecule has 1 aliphatic rings. The minimum Gasteiger partial charge on any atom is -0.490 e. The molecule has 0 radical (unpaired) electrons. The van der Waals surface area contributed by atoms with Crippen LogP contribution in [0.2, 0.25) is 0 Å². The third kappa shape index (κ3) is 6.90. The largest absolute Gasteiger partial charge is 0.573 e. The summed E-state index contributed by atoms with van der Waals surface area (Å²) >= 11 is 0. The lowest BCUT2D eigenvalue weighted by Crippen LogP contribution is -2.45. The van der Waals surface area contributed by atoms with E-state index < -0.39 is 6.36 Å². The van der Waals surface area contributed by atoms with Crippen molar-refractivity contribution in [1.82, 2.24) is 10.2 Å². The van der Waals surface area contributed by atoms with Crippen LogP contribution in [0.3, 0.4) is 0 Å². The Bertz CT molecular complexity index is 1070. The summed E-state index contributed by atoms with van der Waals surface area (Å²) in [6.45, 7) is 6.10. The van der Waals surface area contributed by atoms with Crippen molar-refractivity contribution in [3.63, 3.8) is 0 Å². The first-order valence-corrected chi connectivity index (χ1v) is 11.7. The van der Waals surface area contributed by atoms with E-state index in [4.69, 9.17) is 9.47 Å². The zero-order chi connectivity index (χ0) is 24.7. The Morgan fingerprint density at radius 3 is 2.20 bits per heavy atom. The molecule has 3 aromatic rings. The molecular weight excluding hydrogens is 457 g/mol. The molecule has 1 aliphatic heterocycles. The third-order valence-electron chi connectivity index (χ3n) is 5.77. The number of alkyl halides is 3. The van der Waals surface area contributed by atoms with E-state index in [1.807, 2.05) is 55.5 Å². The molecule has 4 rings (SSSR count). The van der Waals surface area contributed by atoms with Gasteiger partial charge in [-0.2, -0.15) is 0 Å². The molecule has 0 aromatic heterocycles. The second-order valence-corrected chi connectivity index (χ2v) is 8.22. The summed E-state index contributed by atoms with van der Waals surface area (Å²) in [6, 6.07) is 21.7. The highest BCUT2D eigenvalue weighted by atomic mass is 19.4. The van der Waals surface area contributed by atoms with E-state index >= 15 is 0 Å². The fraction of sp³-hybridized carbons (Fsp3) is 0.333. The van der Waals surface area contributed by atoms with Gasteiger partial charge in [0.2, 0.25) is 0 Å². The van der Waals surface area contributed by atoms with E-state index in [1.54, 1.807) is 12.1 Å². The second kappa shape index (κ2) is 11.5. The molecule has 186 valence electrons. The van der Waals surface area contributed by atoms with Gasteiger partial charge >= 0.3 is 6.36 Å². The molecule has 0 amide bonds. The summed E-state index contributed by atoms with van der Waals surface area (Å²) in [5.74, 6) is 1.05. The first-order chi connectivity index (χ1) is 16.9. The van der Waals surface area contributed by atoms with Crippen molar-refractivity contribution in [2.24, 2.45) is 0 Å². The Balaban J connectivity index is 1.62. The Kier molecular flexibility index (Phi) is 8.15. The molecule has 5 nitrogen and oxygen atoms in total. The summed E-state index contributed by atoms with van der Waals surface area (Å²) in [5.41, 5.74) is 2.91. The minimum absolute atomic E-state index is 0.153. The molecule has 35 heavy (non-hydrogen) atoms. The van der Waals surface area contributed by atoms with Gasteiger partial charge in [-0.25, -0.2) is 0 Å². The molecule has 0 unspecified atom stereocenters. The molecule has 0 saturated carbocycles. The molecule has 1 atom stereocenters. The van der Waals surface area contributed by atoms with Crippen LogP contribution in [0.5, 0.6) is 17.2 Å². The average Bonchev–Trinajstić information content (AvgIpc) is 2.85. The van der Waals surface area contributed by atoms with Gasteiger partial charge in [-0.1, -0.05) is 48.5 Å². The smallest absolute Gasteiger partial charge is 0.490 e. The van der Waals surface area contributed by atoms with Crippen molar-refractivity contribution in [1.29, 1.82) is 0 Å². The molecular formula is C27H29F3N2O3. The molecule has 1 fully saturated rings. The van der Waals surface area contributed by atoms with Crippen LogP contribution in [0.15, 0.2) is 72.8 Å². The van der Waals surface area contributed by atoms with Crippen LogP contribution in [0, 0.1) is 0 Å². The van der Waals surface area contributed by atoms with E-state index in [2.05, 4.69) is 15.0 Å². The predicted molar refractivity (Wildman–Crippen MR) is 128 cm³/mol. The Labute approximate surface area is 203 Å². The maximum absolute atomic E-state index is 12.6. The topological polar surface area (TPSA) is 43.0 Å². The standard InChI is InChI=1S/C27H29F3N2O3/c1-2-33-25-18-22(10-13-24(25)34-19-20-6-4-3-5-7-20)26(32-16-14-31-15-17-32)21-8-11-23(12-9-21)35-27(28,29)30/h3-13,18,26,31H,2,14-17,19H2,1H3/t26-/m0/s1. The van der Waals surface area contributed by atoms with Gasteiger partial charge in [0, 0.05) is 26.2 Å². The van der Waals surface area contributed by atoms with Crippen LogP contribution in [0.25, 0.3) is 0 Å². The number of benzene rings is 3. The van der Waals surface area contributed by atoms with Crippen molar-refractivity contribution in [3.8, 4) is 17.2 Å². The van der Waals surface area contributed by atoms with Crippen LogP contribution < -0.4 is 19.5 Å². The van der Waals surface area contributed by atoms with Crippen LogP contribution in [-0.4, -0.2) is 44.0 Å². The van der Waals surface area contributed by atoms with Gasteiger partial charge in [0.15, 0.2) is 11.5 Å². The minimum atomic E-state index is -4.72. The Morgan fingerprint density at radius 2 is 1.54 bits per heavy atom. The van der Waals surface area contributed by atoms with Crippen molar-refractivity contribution in [2.75, 3.05) is 32.8 Å². The fourth-order valence-corrected chi connectivity index (χ4v) is 4.22. The molecule has 8 heteroatoms. The predicted octanol–water partition coefficient (Wildman–Crippen LogP) is 5.56. The first-order valence-electron chi connectivity index (χ1n) is 11.7. The Hall–Kier alpha value is -3.23. The highest BCUT2D eigenvalue weighted by Gasteiger charge is 2.31. The number of ether oxygens (including phenoxy) is 3. The normalized spacial score (nSPS) is 15.4. The highest BCUT2D eigenvalue weighted by molar-refractivity contribution is 5.46. The van der Waals surface area contributed by atoms with Gasteiger partial charge in [-0.3, -0.25) is 4.90 Å². The van der Waals surface area contributed by atoms with E-state index in [0.717, 1.165) is 42.9 Å². The third-order valence-corrected chi connectivity index (χ3v) is 5.77. The molecule has 0 aliphatic carbocycles. The Morgan fingerprint density at radius 1 is 0.857 bits per heavy atom. The van der Waals surface area contributed by atoms with E-state index in [-0.39, 0.29) is 11.8 Å². The molecule has 1 N–H and O–H groups in total. The van der Waals surface area contributed by atoms with Crippen molar-refractivity contribution < 1.29 is 27.4 Å². The fourth-order valence-electron chi connectivity index (χ4n) is 4.22. The summed E-state index contributed by atoms with van der Waals surface area (Å²) in [6.07, 6.45) is -4.72. The zero-order valence-electron chi connectivity index (χ0n) is 19.6. The summed E-state index contributed by atoms with van der Waals surface area (Å²) in [4.78, 5) is 2.31. The quantitative estimate of drug-likeness (QED) is 0.429. The van der Waals surface area contributed by atoms with E-state index in [9.17, 15) is 13.2 Å². The van der Waals surface area contributed by atoms with Crippen LogP contribution >= 0.6 is 0 Å². The van der Waals surface area contributed by atoms with Gasteiger partial charge in [0.25, 0.3) is 0 Å². The number of nitrogens with one attached hydrogen (secondary N) is 1. The highest BCUT2D eigenvalue weighted by Crippen LogP contribution is 2.37. The summed E-state index contributed by atoms with van der Waals surface area (Å²) in [7, 11) is 0. The summed E-state index contributed by atoms with van der Waals surface area (Å²) < 4.78 is 53.9. The van der Waals surface area contributed by atoms with Crippen molar-refractivity contribution in [2.45, 2.75) is 25.9 Å². The molecule has 0 spiro atoms. The number of piperazine rings is 1. The molecule has 1 heterocycles. The lowest BCUT2D eigenvalue weighted by molar-refractivity contribution is -0.274. The van der Waals surface area contributed by atoms with Gasteiger partial charge in [0.05, 0.1) is 12.6 Å². The number of hydrogen-bond donors (Lipinski definition) is 1. The lowest BCUT2D eigenvalue weighted by Gasteiger charge is -2.36. The lowest BCUT2D eigenvalue weighted by atomic mass is 9.96. The van der Waals surface area contributed by atoms with Crippen LogP contribution in [-0.2, 0) is 6.61 Å². The van der Waals surface area contributed by atoms with Crippen molar-refractivity contribution >= 4 is 0 Å². The van der Waals surface area contributed by atoms with E-state index in [1.165, 1.54) is 12.1 Å². The monoisotopic (exact) mass is 486 g/mol. The number of hydrogen-bond acceptors (Lipinski definition) is 5. The van der Waals surface area contributed by atoms with Crippen LogP contribution in [0.1, 0.15) is 29.7 Å². The number of halogens is 3. The van der Waals surface area contributed by atoms with E-state index in [0.29, 0.717) is 24.7 Å². The molecule has 1 saturated heterocycles. The summed E-state index contributed by atoms with van der Waals surface area (Å²) in [5, 5.41) is 3.35. The van der Waals surface area contributed by atoms with Gasteiger partial charge in [0.1, 0.15) is 12.4 Å². The number of nitrogens with zero attached hydrogens (tertiary/aromatic N) is 1.